The van der Waals surface area contributed by atoms with Crippen LogP contribution in [-0.2, 0) is 34.5 Å². The van der Waals surface area contributed by atoms with E-state index in [-0.39, 0.29) is 5.54 Å². The van der Waals surface area contributed by atoms with Gasteiger partial charge in [0.1, 0.15) is 30.3 Å². The number of hydrogen-bond acceptors (Lipinski definition) is 9. The Morgan fingerprint density at radius 3 is 2.98 bits per heavy atom. The molecule has 212 valence electrons. The third kappa shape index (κ3) is 4.30. The smallest absolute Gasteiger partial charge is 0.318 e. The SMILES string of the molecule is N#Cc1c(N)ccc2c1C1(CCC2)Cc2nc(OCC34CCCN3CC(F)C4)nc(N3CCCOCC3)c2CO1. The number of hydrogen-bond donors (Lipinski definition) is 1. The lowest BCUT2D eigenvalue weighted by Gasteiger charge is -2.43. The Hall–Kier alpha value is -3.00. The molecule has 7 rings (SSSR count). The van der Waals surface area contributed by atoms with Gasteiger partial charge in [-0.1, -0.05) is 6.07 Å². The van der Waals surface area contributed by atoms with Gasteiger partial charge in [0.2, 0.25) is 0 Å². The second-order valence-corrected chi connectivity index (χ2v) is 12.1. The van der Waals surface area contributed by atoms with Crippen LogP contribution in [0.2, 0.25) is 0 Å². The average Bonchev–Trinajstić information content (AvgIpc) is 3.33. The van der Waals surface area contributed by atoms with E-state index < -0.39 is 11.8 Å². The number of nitrogens with two attached hydrogens (primary N) is 1. The maximum Gasteiger partial charge on any atom is 0.318 e. The van der Waals surface area contributed by atoms with Crippen molar-refractivity contribution in [2.75, 3.05) is 56.6 Å². The van der Waals surface area contributed by atoms with E-state index >= 15 is 0 Å². The molecule has 1 aromatic carbocycles. The highest BCUT2D eigenvalue weighted by molar-refractivity contribution is 5.63. The summed E-state index contributed by atoms with van der Waals surface area (Å²) in [7, 11) is 0. The molecule has 2 N–H and O–H groups in total. The number of nitrogens with zero attached hydrogens (tertiary/aromatic N) is 5. The summed E-state index contributed by atoms with van der Waals surface area (Å²) in [5.74, 6) is 0.833. The van der Waals surface area contributed by atoms with Crippen molar-refractivity contribution < 1.29 is 18.6 Å². The first-order valence-electron chi connectivity index (χ1n) is 14.7. The predicted octanol–water partition coefficient (Wildman–Crippen LogP) is 3.42. The number of fused-ring (bicyclic) bond motifs is 4. The third-order valence-electron chi connectivity index (χ3n) is 9.67. The highest BCUT2D eigenvalue weighted by atomic mass is 19.1. The van der Waals surface area contributed by atoms with Gasteiger partial charge in [0.25, 0.3) is 0 Å². The Labute approximate surface area is 234 Å². The number of halogens is 1. The molecule has 0 saturated carbocycles. The zero-order valence-corrected chi connectivity index (χ0v) is 23.0. The van der Waals surface area contributed by atoms with Crippen molar-refractivity contribution in [1.82, 2.24) is 14.9 Å². The minimum atomic E-state index is -0.814. The molecule has 3 atom stereocenters. The number of nitrogen functional groups attached to an aromatic ring is 1. The Kier molecular flexibility index (Phi) is 6.56. The van der Waals surface area contributed by atoms with Crippen molar-refractivity contribution in [3.63, 3.8) is 0 Å². The summed E-state index contributed by atoms with van der Waals surface area (Å²) in [5, 5.41) is 10.1. The molecule has 0 radical (unpaired) electrons. The van der Waals surface area contributed by atoms with Crippen molar-refractivity contribution in [3.05, 3.63) is 40.1 Å². The van der Waals surface area contributed by atoms with Gasteiger partial charge in [0.05, 0.1) is 30.0 Å². The highest BCUT2D eigenvalue weighted by Gasteiger charge is 2.50. The zero-order chi connectivity index (χ0) is 27.3. The molecule has 1 aliphatic carbocycles. The van der Waals surface area contributed by atoms with E-state index in [4.69, 9.17) is 29.9 Å². The summed E-state index contributed by atoms with van der Waals surface area (Å²) in [4.78, 5) is 14.4. The first kappa shape index (κ1) is 25.9. The van der Waals surface area contributed by atoms with Crippen LogP contribution >= 0.6 is 0 Å². The average molecular weight is 549 g/mol. The molecule has 10 heteroatoms. The number of anilines is 2. The number of aromatic nitrogens is 2. The van der Waals surface area contributed by atoms with Gasteiger partial charge in [-0.15, -0.1) is 0 Å². The number of aryl methyl sites for hydroxylation is 1. The number of nitriles is 1. The Morgan fingerprint density at radius 2 is 2.08 bits per heavy atom. The van der Waals surface area contributed by atoms with Gasteiger partial charge < -0.3 is 24.8 Å². The van der Waals surface area contributed by atoms with Crippen LogP contribution in [0.4, 0.5) is 15.9 Å². The molecule has 1 spiro atoms. The van der Waals surface area contributed by atoms with Gasteiger partial charge in [-0.2, -0.15) is 15.2 Å². The van der Waals surface area contributed by atoms with Gasteiger partial charge in [-0.05, 0) is 56.7 Å². The molecule has 3 unspecified atom stereocenters. The second kappa shape index (κ2) is 10.1. The summed E-state index contributed by atoms with van der Waals surface area (Å²) in [6, 6.07) is 6.56. The normalized spacial score (nSPS) is 29.9. The minimum absolute atomic E-state index is 0.277. The van der Waals surface area contributed by atoms with Crippen LogP contribution in [0.5, 0.6) is 6.01 Å². The fourth-order valence-corrected chi connectivity index (χ4v) is 7.77. The van der Waals surface area contributed by atoms with Crippen LogP contribution in [0, 0.1) is 11.3 Å². The van der Waals surface area contributed by atoms with E-state index in [0.29, 0.717) is 56.5 Å². The molecule has 9 nitrogen and oxygen atoms in total. The van der Waals surface area contributed by atoms with Crippen molar-refractivity contribution in [3.8, 4) is 12.1 Å². The lowest BCUT2D eigenvalue weighted by atomic mass is 9.72. The van der Waals surface area contributed by atoms with Crippen molar-refractivity contribution in [2.45, 2.75) is 75.3 Å². The molecule has 5 aliphatic rings. The number of alkyl halides is 1. The van der Waals surface area contributed by atoms with Gasteiger partial charge in [-0.3, -0.25) is 4.90 Å². The second-order valence-electron chi connectivity index (χ2n) is 12.1. The highest BCUT2D eigenvalue weighted by Crippen LogP contribution is 2.48. The largest absolute Gasteiger partial charge is 0.461 e. The quantitative estimate of drug-likeness (QED) is 0.575. The van der Waals surface area contributed by atoms with E-state index in [1.54, 1.807) is 0 Å². The van der Waals surface area contributed by atoms with Crippen LogP contribution < -0.4 is 15.4 Å². The van der Waals surface area contributed by atoms with E-state index in [2.05, 4.69) is 15.9 Å². The molecule has 4 aliphatic heterocycles. The molecule has 1 aromatic heterocycles. The number of benzene rings is 1. The van der Waals surface area contributed by atoms with E-state index in [1.165, 1.54) is 0 Å². The topological polar surface area (TPSA) is 110 Å². The fourth-order valence-electron chi connectivity index (χ4n) is 7.77. The molecule has 2 aromatic rings. The third-order valence-corrected chi connectivity index (χ3v) is 9.67. The monoisotopic (exact) mass is 548 g/mol. The molecule has 5 heterocycles. The maximum atomic E-state index is 14.4. The maximum absolute atomic E-state index is 14.4. The van der Waals surface area contributed by atoms with Crippen molar-refractivity contribution in [2.24, 2.45) is 0 Å². The van der Waals surface area contributed by atoms with E-state index in [9.17, 15) is 9.65 Å². The van der Waals surface area contributed by atoms with Gasteiger partial charge in [-0.25, -0.2) is 4.39 Å². The summed E-state index contributed by atoms with van der Waals surface area (Å²) in [5.41, 5.74) is 10.2. The molecule has 3 fully saturated rings. The predicted molar refractivity (Wildman–Crippen MR) is 147 cm³/mol. The van der Waals surface area contributed by atoms with Crippen LogP contribution in [-0.4, -0.2) is 72.6 Å². The standard InChI is InChI=1S/C30H37FN6O3/c31-21-14-29(7-2-10-37(29)17-21)19-39-28-34-25-15-30(8-1-4-20-5-6-24(33)22(16-32)26(20)30)40-18-23(25)27(35-28)36-9-3-12-38-13-11-36/h5-6,21H,1-4,7-15,17-19,33H2. The van der Waals surface area contributed by atoms with E-state index in [1.807, 2.05) is 12.1 Å². The zero-order valence-electron chi connectivity index (χ0n) is 23.0. The lowest BCUT2D eigenvalue weighted by molar-refractivity contribution is -0.0857. The van der Waals surface area contributed by atoms with Crippen LogP contribution in [0.15, 0.2) is 12.1 Å². The Balaban J connectivity index is 1.27. The van der Waals surface area contributed by atoms with Crippen molar-refractivity contribution >= 4 is 11.5 Å². The van der Waals surface area contributed by atoms with Crippen molar-refractivity contribution in [1.29, 1.82) is 5.26 Å². The first-order chi connectivity index (χ1) is 19.5. The fraction of sp³-hybridized carbons (Fsp3) is 0.633. The summed E-state index contributed by atoms with van der Waals surface area (Å²) in [6.45, 7) is 5.05. The lowest BCUT2D eigenvalue weighted by Crippen LogP contribution is -2.44. The van der Waals surface area contributed by atoms with Gasteiger partial charge >= 0.3 is 6.01 Å². The Morgan fingerprint density at radius 1 is 1.15 bits per heavy atom. The molecular formula is C30H37FN6O3. The molecule has 40 heavy (non-hydrogen) atoms. The van der Waals surface area contributed by atoms with Crippen LogP contribution in [0.1, 0.15) is 66.5 Å². The van der Waals surface area contributed by atoms with Gasteiger partial charge in [0, 0.05) is 55.9 Å². The molecule has 3 saturated heterocycles. The molecule has 0 amide bonds. The number of rotatable bonds is 4. The molecular weight excluding hydrogens is 511 g/mol. The molecule has 0 bridgehead atoms. The summed E-state index contributed by atoms with van der Waals surface area (Å²) >= 11 is 0. The van der Waals surface area contributed by atoms with Gasteiger partial charge in [0.15, 0.2) is 0 Å². The summed E-state index contributed by atoms with van der Waals surface area (Å²) < 4.78 is 33.2. The number of ether oxygens (including phenoxy) is 3. The van der Waals surface area contributed by atoms with E-state index in [0.717, 1.165) is 93.0 Å². The first-order valence-corrected chi connectivity index (χ1v) is 14.7. The van der Waals surface area contributed by atoms with Crippen LogP contribution in [0.25, 0.3) is 0 Å². The summed E-state index contributed by atoms with van der Waals surface area (Å²) in [6.07, 6.45) is 5.76. The van der Waals surface area contributed by atoms with Crippen LogP contribution in [0.3, 0.4) is 0 Å². The Bertz CT molecular complexity index is 1340. The minimum Gasteiger partial charge on any atom is -0.461 e.